The molecular formula is C10H13FN2. The largest absolute Gasteiger partial charge is 0.330 e. The molecule has 3 heteroatoms. The summed E-state index contributed by atoms with van der Waals surface area (Å²) in [5.74, 6) is 0.141. The first-order valence-electron chi connectivity index (χ1n) is 4.51. The average Bonchev–Trinajstić information content (AvgIpc) is 2.18. The Labute approximate surface area is 76.9 Å². The van der Waals surface area contributed by atoms with Crippen molar-refractivity contribution < 1.29 is 4.39 Å². The Morgan fingerprint density at radius 3 is 3.15 bits per heavy atom. The van der Waals surface area contributed by atoms with Gasteiger partial charge in [-0.1, -0.05) is 12.1 Å². The molecule has 0 spiro atoms. The molecule has 0 aliphatic carbocycles. The third-order valence-electron chi connectivity index (χ3n) is 2.57. The van der Waals surface area contributed by atoms with Gasteiger partial charge in [-0.15, -0.1) is 0 Å². The third-order valence-corrected chi connectivity index (χ3v) is 2.57. The topological polar surface area (TPSA) is 38.0 Å². The summed E-state index contributed by atoms with van der Waals surface area (Å²) in [4.78, 5) is 0. The predicted molar refractivity (Wildman–Crippen MR) is 49.9 cm³/mol. The molecule has 1 aliphatic heterocycles. The van der Waals surface area contributed by atoms with Crippen molar-refractivity contribution in [2.24, 2.45) is 5.73 Å². The number of nitrogens with one attached hydrogen (secondary N) is 1. The van der Waals surface area contributed by atoms with Crippen LogP contribution < -0.4 is 11.1 Å². The van der Waals surface area contributed by atoms with E-state index in [1.165, 1.54) is 6.07 Å². The lowest BCUT2D eigenvalue weighted by atomic mass is 9.91. The van der Waals surface area contributed by atoms with Crippen molar-refractivity contribution in [2.45, 2.75) is 12.5 Å². The molecule has 0 fully saturated rings. The van der Waals surface area contributed by atoms with Crippen LogP contribution in [-0.2, 0) is 6.54 Å². The van der Waals surface area contributed by atoms with Gasteiger partial charge >= 0.3 is 0 Å². The smallest absolute Gasteiger partial charge is 0.127 e. The van der Waals surface area contributed by atoms with Crippen molar-refractivity contribution >= 4 is 0 Å². The first-order valence-corrected chi connectivity index (χ1v) is 4.51. The Hall–Kier alpha value is -0.930. The van der Waals surface area contributed by atoms with Gasteiger partial charge in [-0.3, -0.25) is 0 Å². The molecule has 0 saturated carbocycles. The molecule has 1 unspecified atom stereocenters. The highest BCUT2D eigenvalue weighted by Crippen LogP contribution is 2.24. The lowest BCUT2D eigenvalue weighted by Gasteiger charge is -2.25. The summed E-state index contributed by atoms with van der Waals surface area (Å²) in [5, 5.41) is 3.16. The molecule has 1 heterocycles. The van der Waals surface area contributed by atoms with Gasteiger partial charge in [0.15, 0.2) is 0 Å². The number of hydrogen-bond donors (Lipinski definition) is 2. The lowest BCUT2D eigenvalue weighted by molar-refractivity contribution is 0.514. The van der Waals surface area contributed by atoms with Gasteiger partial charge in [0.1, 0.15) is 5.82 Å². The molecule has 1 atom stereocenters. The van der Waals surface area contributed by atoms with Gasteiger partial charge in [0.05, 0.1) is 0 Å². The van der Waals surface area contributed by atoms with Crippen LogP contribution in [0.3, 0.4) is 0 Å². The van der Waals surface area contributed by atoms with Crippen molar-refractivity contribution in [3.05, 3.63) is 35.1 Å². The van der Waals surface area contributed by atoms with Crippen molar-refractivity contribution in [1.82, 2.24) is 5.32 Å². The first kappa shape index (κ1) is 8.66. The minimum absolute atomic E-state index is 0.122. The number of rotatable bonds is 1. The Balaban J connectivity index is 2.45. The van der Waals surface area contributed by atoms with E-state index in [1.807, 2.05) is 6.07 Å². The number of nitrogens with two attached hydrogens (primary N) is 1. The van der Waals surface area contributed by atoms with Crippen LogP contribution >= 0.6 is 0 Å². The monoisotopic (exact) mass is 180 g/mol. The van der Waals surface area contributed by atoms with E-state index < -0.39 is 0 Å². The summed E-state index contributed by atoms with van der Waals surface area (Å²) in [6.45, 7) is 2.05. The van der Waals surface area contributed by atoms with Crippen LogP contribution in [0.2, 0.25) is 0 Å². The number of hydrogen-bond acceptors (Lipinski definition) is 2. The molecule has 1 aromatic carbocycles. The number of fused-ring (bicyclic) bond motifs is 1. The summed E-state index contributed by atoms with van der Waals surface area (Å²) in [7, 11) is 0. The fourth-order valence-electron chi connectivity index (χ4n) is 1.84. The maximum absolute atomic E-state index is 13.3. The average molecular weight is 180 g/mol. The molecule has 2 nitrogen and oxygen atoms in total. The van der Waals surface area contributed by atoms with Crippen LogP contribution in [0.1, 0.15) is 17.0 Å². The Morgan fingerprint density at radius 1 is 1.54 bits per heavy atom. The fourth-order valence-corrected chi connectivity index (χ4v) is 1.84. The molecule has 70 valence electrons. The van der Waals surface area contributed by atoms with E-state index in [9.17, 15) is 4.39 Å². The second-order valence-electron chi connectivity index (χ2n) is 3.37. The highest BCUT2D eigenvalue weighted by molar-refractivity contribution is 5.34. The van der Waals surface area contributed by atoms with E-state index in [0.29, 0.717) is 13.1 Å². The molecule has 2 rings (SSSR count). The minimum Gasteiger partial charge on any atom is -0.330 e. The molecule has 0 amide bonds. The molecule has 0 saturated heterocycles. The Morgan fingerprint density at radius 2 is 2.38 bits per heavy atom. The van der Waals surface area contributed by atoms with Gasteiger partial charge in [-0.25, -0.2) is 4.39 Å². The highest BCUT2D eigenvalue weighted by Gasteiger charge is 2.20. The van der Waals surface area contributed by atoms with E-state index in [0.717, 1.165) is 17.7 Å². The fraction of sp³-hybridized carbons (Fsp3) is 0.400. The molecule has 3 N–H and O–H groups in total. The van der Waals surface area contributed by atoms with Gasteiger partial charge in [0.25, 0.3) is 0 Å². The molecule has 0 aromatic heterocycles. The summed E-state index contributed by atoms with van der Waals surface area (Å²) in [5.41, 5.74) is 7.46. The van der Waals surface area contributed by atoms with Crippen LogP contribution in [0.15, 0.2) is 18.2 Å². The standard InChI is InChI=1S/C10H13FN2/c11-10-3-1-2-8-7(4-12)5-13-6-9(8)10/h1-3,7,13H,4-6,12H2. The van der Waals surface area contributed by atoms with Crippen LogP contribution in [0, 0.1) is 5.82 Å². The lowest BCUT2D eigenvalue weighted by Crippen LogP contribution is -2.32. The maximum Gasteiger partial charge on any atom is 0.127 e. The van der Waals surface area contributed by atoms with E-state index in [4.69, 9.17) is 5.73 Å². The van der Waals surface area contributed by atoms with Crippen molar-refractivity contribution in [3.63, 3.8) is 0 Å². The number of halogens is 1. The summed E-state index contributed by atoms with van der Waals surface area (Å²) < 4.78 is 13.3. The molecule has 13 heavy (non-hydrogen) atoms. The first-order chi connectivity index (χ1) is 6.33. The van der Waals surface area contributed by atoms with Crippen LogP contribution in [0.25, 0.3) is 0 Å². The van der Waals surface area contributed by atoms with Gasteiger partial charge in [0.2, 0.25) is 0 Å². The number of benzene rings is 1. The molecular weight excluding hydrogens is 167 g/mol. The normalized spacial score (nSPS) is 21.2. The molecule has 1 aliphatic rings. The minimum atomic E-state index is -0.122. The van der Waals surface area contributed by atoms with E-state index in [2.05, 4.69) is 5.32 Å². The van der Waals surface area contributed by atoms with Gasteiger partial charge < -0.3 is 11.1 Å². The molecule has 0 radical (unpaired) electrons. The zero-order valence-electron chi connectivity index (χ0n) is 7.39. The maximum atomic E-state index is 13.3. The van der Waals surface area contributed by atoms with Gasteiger partial charge in [-0.2, -0.15) is 0 Å². The quantitative estimate of drug-likeness (QED) is 0.676. The van der Waals surface area contributed by atoms with Crippen molar-refractivity contribution in [2.75, 3.05) is 13.1 Å². The predicted octanol–water partition coefficient (Wildman–Crippen LogP) is 0.971. The van der Waals surface area contributed by atoms with Gasteiger partial charge in [0, 0.05) is 31.1 Å². The molecule has 1 aromatic rings. The second kappa shape index (κ2) is 3.44. The van der Waals surface area contributed by atoms with Crippen molar-refractivity contribution in [1.29, 1.82) is 0 Å². The summed E-state index contributed by atoms with van der Waals surface area (Å²) in [6, 6.07) is 5.22. The van der Waals surface area contributed by atoms with Crippen LogP contribution in [-0.4, -0.2) is 13.1 Å². The van der Waals surface area contributed by atoms with Crippen LogP contribution in [0.5, 0.6) is 0 Å². The van der Waals surface area contributed by atoms with Crippen molar-refractivity contribution in [3.8, 4) is 0 Å². The Kier molecular flexibility index (Phi) is 2.29. The van der Waals surface area contributed by atoms with E-state index >= 15 is 0 Å². The van der Waals surface area contributed by atoms with E-state index in [1.54, 1.807) is 6.07 Å². The molecule has 0 bridgehead atoms. The summed E-state index contributed by atoms with van der Waals surface area (Å²) in [6.07, 6.45) is 0. The summed E-state index contributed by atoms with van der Waals surface area (Å²) >= 11 is 0. The second-order valence-corrected chi connectivity index (χ2v) is 3.37. The zero-order chi connectivity index (χ0) is 9.26. The SMILES string of the molecule is NCC1CNCc2c(F)cccc21. The zero-order valence-corrected chi connectivity index (χ0v) is 7.39. The Bertz CT molecular complexity index is 312. The highest BCUT2D eigenvalue weighted by atomic mass is 19.1. The van der Waals surface area contributed by atoms with E-state index in [-0.39, 0.29) is 11.7 Å². The third kappa shape index (κ3) is 1.45. The van der Waals surface area contributed by atoms with Crippen LogP contribution in [0.4, 0.5) is 4.39 Å². The van der Waals surface area contributed by atoms with Gasteiger partial charge in [-0.05, 0) is 11.6 Å².